The van der Waals surface area contributed by atoms with E-state index in [1.807, 2.05) is 0 Å². The van der Waals surface area contributed by atoms with E-state index in [4.69, 9.17) is 5.11 Å². The van der Waals surface area contributed by atoms with E-state index in [-0.39, 0.29) is 12.5 Å². The number of carboxylic acid groups (broad SMARTS) is 1. The molecule has 0 spiro atoms. The molecule has 0 saturated heterocycles. The quantitative estimate of drug-likeness (QED) is 0.601. The fraction of sp³-hybridized carbons (Fsp3) is 0.692. The molecule has 0 aromatic rings. The van der Waals surface area contributed by atoms with Crippen molar-refractivity contribution in [3.63, 3.8) is 0 Å². The van der Waals surface area contributed by atoms with E-state index in [1.54, 1.807) is 26.0 Å². The Morgan fingerprint density at radius 1 is 1.24 bits per heavy atom. The van der Waals surface area contributed by atoms with Crippen molar-refractivity contribution in [1.29, 1.82) is 0 Å². The van der Waals surface area contributed by atoms with Crippen LogP contribution in [0.5, 0.6) is 0 Å². The van der Waals surface area contributed by atoms with Crippen LogP contribution in [0.15, 0.2) is 12.2 Å². The molecule has 0 fully saturated rings. The lowest BCUT2D eigenvalue weighted by atomic mass is 9.82. The van der Waals surface area contributed by atoms with Gasteiger partial charge in [0.2, 0.25) is 15.9 Å². The predicted octanol–water partition coefficient (Wildman–Crippen LogP) is 0.0974. The van der Waals surface area contributed by atoms with Crippen molar-refractivity contribution in [1.82, 2.24) is 10.0 Å². The van der Waals surface area contributed by atoms with Gasteiger partial charge in [-0.1, -0.05) is 12.2 Å². The van der Waals surface area contributed by atoms with Crippen LogP contribution in [-0.2, 0) is 19.6 Å². The fourth-order valence-corrected chi connectivity index (χ4v) is 3.43. The van der Waals surface area contributed by atoms with E-state index >= 15 is 0 Å². The zero-order chi connectivity index (χ0) is 16.3. The smallest absolute Gasteiger partial charge is 0.307 e. The molecule has 3 N–H and O–H groups in total. The predicted molar refractivity (Wildman–Crippen MR) is 78.1 cm³/mol. The molecule has 1 rings (SSSR count). The molecule has 0 radical (unpaired) electrons. The van der Waals surface area contributed by atoms with Crippen LogP contribution in [0.2, 0.25) is 0 Å². The van der Waals surface area contributed by atoms with Crippen molar-refractivity contribution in [2.45, 2.75) is 32.2 Å². The number of nitrogens with one attached hydrogen (secondary N) is 2. The highest BCUT2D eigenvalue weighted by molar-refractivity contribution is 7.88. The van der Waals surface area contributed by atoms with Gasteiger partial charge in [-0.2, -0.15) is 0 Å². The van der Waals surface area contributed by atoms with Crippen molar-refractivity contribution in [3.05, 3.63) is 12.2 Å². The third-order valence-corrected chi connectivity index (χ3v) is 4.18. The summed E-state index contributed by atoms with van der Waals surface area (Å²) >= 11 is 0. The molecule has 0 saturated carbocycles. The minimum atomic E-state index is -3.39. The summed E-state index contributed by atoms with van der Waals surface area (Å²) < 4.78 is 24.9. The maximum absolute atomic E-state index is 12.1. The van der Waals surface area contributed by atoms with E-state index in [0.29, 0.717) is 12.8 Å². The number of hydrogen-bond donors (Lipinski definition) is 3. The van der Waals surface area contributed by atoms with Gasteiger partial charge in [-0.25, -0.2) is 13.1 Å². The number of rotatable bonds is 6. The van der Waals surface area contributed by atoms with Crippen molar-refractivity contribution >= 4 is 21.9 Å². The minimum absolute atomic E-state index is 0.0887. The van der Waals surface area contributed by atoms with Crippen LogP contribution in [0.4, 0.5) is 0 Å². The molecule has 0 aromatic carbocycles. The number of allylic oxidation sites excluding steroid dienone is 2. The summed E-state index contributed by atoms with van der Waals surface area (Å²) in [7, 11) is -3.39. The monoisotopic (exact) mass is 318 g/mol. The molecule has 21 heavy (non-hydrogen) atoms. The lowest BCUT2D eigenvalue weighted by molar-refractivity contribution is -0.147. The Hall–Kier alpha value is -1.41. The second kappa shape index (κ2) is 6.57. The average molecular weight is 318 g/mol. The molecule has 120 valence electrons. The van der Waals surface area contributed by atoms with Gasteiger partial charge >= 0.3 is 5.97 Å². The van der Waals surface area contributed by atoms with Crippen LogP contribution < -0.4 is 10.0 Å². The van der Waals surface area contributed by atoms with E-state index < -0.39 is 33.4 Å². The number of aliphatic carboxylic acids is 1. The lowest BCUT2D eigenvalue weighted by Gasteiger charge is -2.28. The van der Waals surface area contributed by atoms with E-state index in [1.165, 1.54) is 0 Å². The van der Waals surface area contributed by atoms with Gasteiger partial charge in [-0.3, -0.25) is 9.59 Å². The maximum atomic E-state index is 12.1. The highest BCUT2D eigenvalue weighted by Gasteiger charge is 2.34. The van der Waals surface area contributed by atoms with Crippen LogP contribution >= 0.6 is 0 Å². The van der Waals surface area contributed by atoms with Gasteiger partial charge in [-0.05, 0) is 26.7 Å². The first kappa shape index (κ1) is 17.6. The van der Waals surface area contributed by atoms with Gasteiger partial charge in [0.1, 0.15) is 0 Å². The Bertz CT molecular complexity index is 539. The lowest BCUT2D eigenvalue weighted by Crippen LogP contribution is -2.52. The molecule has 1 aliphatic carbocycles. The standard InChI is InChI=1S/C13H22N2O5S/c1-13(2,15-21(3,19)20)8-14-11(16)9-6-4-5-7-10(9)12(17)18/h4-5,9-10,15H,6-8H2,1-3H3,(H,14,16)(H,17,18). The zero-order valence-electron chi connectivity index (χ0n) is 12.4. The molecule has 0 bridgehead atoms. The minimum Gasteiger partial charge on any atom is -0.481 e. The first-order chi connectivity index (χ1) is 9.52. The van der Waals surface area contributed by atoms with Crippen LogP contribution in [-0.4, -0.2) is 43.7 Å². The Labute approximate surface area is 124 Å². The summed E-state index contributed by atoms with van der Waals surface area (Å²) in [6.07, 6.45) is 5.31. The molecule has 0 aliphatic heterocycles. The Morgan fingerprint density at radius 3 is 2.24 bits per heavy atom. The number of amides is 1. The van der Waals surface area contributed by atoms with Crippen LogP contribution in [0.1, 0.15) is 26.7 Å². The van der Waals surface area contributed by atoms with Gasteiger partial charge in [0, 0.05) is 12.1 Å². The first-order valence-corrected chi connectivity index (χ1v) is 8.55. The molecule has 0 heterocycles. The molecule has 1 aliphatic rings. The molecule has 2 unspecified atom stereocenters. The Balaban J connectivity index is 2.64. The average Bonchev–Trinajstić information content (AvgIpc) is 2.33. The van der Waals surface area contributed by atoms with E-state index in [9.17, 15) is 18.0 Å². The third-order valence-electron chi connectivity index (χ3n) is 3.25. The Kier molecular flexibility index (Phi) is 5.52. The number of carbonyl (C=O) groups excluding carboxylic acids is 1. The number of carboxylic acids is 1. The maximum Gasteiger partial charge on any atom is 0.307 e. The highest BCUT2D eigenvalue weighted by Crippen LogP contribution is 2.26. The van der Waals surface area contributed by atoms with Crippen molar-refractivity contribution < 1.29 is 23.1 Å². The largest absolute Gasteiger partial charge is 0.481 e. The summed E-state index contributed by atoms with van der Waals surface area (Å²) in [5, 5.41) is 11.8. The molecule has 2 atom stereocenters. The van der Waals surface area contributed by atoms with Gasteiger partial charge < -0.3 is 10.4 Å². The molecule has 8 heteroatoms. The van der Waals surface area contributed by atoms with Crippen molar-refractivity contribution in [3.8, 4) is 0 Å². The van der Waals surface area contributed by atoms with E-state index in [2.05, 4.69) is 10.0 Å². The first-order valence-electron chi connectivity index (χ1n) is 6.66. The molecule has 1 amide bonds. The normalized spacial score (nSPS) is 22.8. The van der Waals surface area contributed by atoms with Crippen molar-refractivity contribution in [2.24, 2.45) is 11.8 Å². The molecule has 7 nitrogen and oxygen atoms in total. The zero-order valence-corrected chi connectivity index (χ0v) is 13.2. The second-order valence-electron chi connectivity index (χ2n) is 5.97. The third kappa shape index (κ3) is 5.84. The fourth-order valence-electron chi connectivity index (χ4n) is 2.35. The highest BCUT2D eigenvalue weighted by atomic mass is 32.2. The van der Waals surface area contributed by atoms with Gasteiger partial charge in [0.15, 0.2) is 0 Å². The summed E-state index contributed by atoms with van der Waals surface area (Å²) in [5.74, 6) is -2.72. The topological polar surface area (TPSA) is 113 Å². The number of sulfonamides is 1. The summed E-state index contributed by atoms with van der Waals surface area (Å²) in [6.45, 7) is 3.37. The summed E-state index contributed by atoms with van der Waals surface area (Å²) in [6, 6.07) is 0. The molecular formula is C13H22N2O5S. The van der Waals surface area contributed by atoms with Gasteiger partial charge in [0.05, 0.1) is 18.1 Å². The molecule has 0 aromatic heterocycles. The van der Waals surface area contributed by atoms with Crippen molar-refractivity contribution in [2.75, 3.05) is 12.8 Å². The number of carbonyl (C=O) groups is 2. The summed E-state index contributed by atoms with van der Waals surface area (Å²) in [4.78, 5) is 23.3. The van der Waals surface area contributed by atoms with Gasteiger partial charge in [0.25, 0.3) is 0 Å². The van der Waals surface area contributed by atoms with E-state index in [0.717, 1.165) is 6.26 Å². The second-order valence-corrected chi connectivity index (χ2v) is 7.72. The van der Waals surface area contributed by atoms with Crippen LogP contribution in [0.3, 0.4) is 0 Å². The van der Waals surface area contributed by atoms with Crippen LogP contribution in [0.25, 0.3) is 0 Å². The Morgan fingerprint density at radius 2 is 1.76 bits per heavy atom. The number of hydrogen-bond acceptors (Lipinski definition) is 4. The SMILES string of the molecule is CC(C)(CNC(=O)C1CC=CCC1C(=O)O)NS(C)(=O)=O. The summed E-state index contributed by atoms with van der Waals surface area (Å²) in [5.41, 5.74) is -0.841. The molecular weight excluding hydrogens is 296 g/mol. The van der Waals surface area contributed by atoms with Gasteiger partial charge in [-0.15, -0.1) is 0 Å². The van der Waals surface area contributed by atoms with Crippen LogP contribution in [0, 0.1) is 11.8 Å².